The Morgan fingerprint density at radius 3 is 3.14 bits per heavy atom. The molecule has 0 saturated carbocycles. The highest BCUT2D eigenvalue weighted by Crippen LogP contribution is 2.13. The Kier molecular flexibility index (Phi) is 2.67. The number of nitriles is 1. The molecule has 0 aliphatic rings. The van der Waals surface area contributed by atoms with E-state index in [1.54, 1.807) is 11.6 Å². The SMILES string of the molecule is N#Cc1csc(CNc2cnns2)n1. The smallest absolute Gasteiger partial charge is 0.151 e. The molecular formula is C7H5N5S2. The summed E-state index contributed by atoms with van der Waals surface area (Å²) in [7, 11) is 0. The average molecular weight is 223 g/mol. The van der Waals surface area contributed by atoms with Crippen molar-refractivity contribution in [3.8, 4) is 6.07 Å². The van der Waals surface area contributed by atoms with E-state index in [4.69, 9.17) is 5.26 Å². The van der Waals surface area contributed by atoms with Crippen LogP contribution in [0.3, 0.4) is 0 Å². The van der Waals surface area contributed by atoms with Crippen molar-refractivity contribution >= 4 is 27.9 Å². The highest BCUT2D eigenvalue weighted by atomic mass is 32.1. The van der Waals surface area contributed by atoms with Crippen molar-refractivity contribution in [1.29, 1.82) is 5.26 Å². The molecule has 0 bridgehead atoms. The third-order valence-corrected chi connectivity index (χ3v) is 2.91. The number of hydrogen-bond donors (Lipinski definition) is 1. The molecule has 1 N–H and O–H groups in total. The largest absolute Gasteiger partial charge is 0.368 e. The minimum atomic E-state index is 0.467. The maximum atomic E-state index is 8.56. The molecule has 2 heterocycles. The molecule has 2 aromatic heterocycles. The molecule has 5 nitrogen and oxygen atoms in total. The average Bonchev–Trinajstić information content (AvgIpc) is 2.86. The van der Waals surface area contributed by atoms with Crippen LogP contribution in [0.2, 0.25) is 0 Å². The summed E-state index contributed by atoms with van der Waals surface area (Å²) in [6, 6.07) is 1.99. The maximum Gasteiger partial charge on any atom is 0.151 e. The molecular weight excluding hydrogens is 218 g/mol. The Labute approximate surface area is 88.2 Å². The van der Waals surface area contributed by atoms with Gasteiger partial charge in [0.2, 0.25) is 0 Å². The van der Waals surface area contributed by atoms with Gasteiger partial charge in [0.05, 0.1) is 12.7 Å². The normalized spacial score (nSPS) is 9.64. The van der Waals surface area contributed by atoms with Crippen molar-refractivity contribution in [2.24, 2.45) is 0 Å². The molecule has 0 aliphatic heterocycles. The Bertz CT molecular complexity index is 441. The molecule has 0 spiro atoms. The molecule has 0 radical (unpaired) electrons. The fourth-order valence-electron chi connectivity index (χ4n) is 0.851. The number of nitrogens with zero attached hydrogens (tertiary/aromatic N) is 4. The van der Waals surface area contributed by atoms with Gasteiger partial charge >= 0.3 is 0 Å². The second kappa shape index (κ2) is 4.13. The second-order valence-electron chi connectivity index (χ2n) is 2.37. The highest BCUT2D eigenvalue weighted by Gasteiger charge is 2.01. The molecule has 0 atom stereocenters. The van der Waals surface area contributed by atoms with Gasteiger partial charge in [0, 0.05) is 16.9 Å². The van der Waals surface area contributed by atoms with Crippen LogP contribution in [0.15, 0.2) is 11.6 Å². The zero-order valence-electron chi connectivity index (χ0n) is 6.97. The van der Waals surface area contributed by atoms with Gasteiger partial charge < -0.3 is 5.32 Å². The Hall–Kier alpha value is -1.52. The van der Waals surface area contributed by atoms with Crippen molar-refractivity contribution in [2.45, 2.75) is 6.54 Å². The zero-order valence-corrected chi connectivity index (χ0v) is 8.60. The third kappa shape index (κ3) is 2.04. The fraction of sp³-hybridized carbons (Fsp3) is 0.143. The van der Waals surface area contributed by atoms with Crippen LogP contribution in [0.5, 0.6) is 0 Å². The van der Waals surface area contributed by atoms with E-state index >= 15 is 0 Å². The standard InChI is InChI=1S/C7H5N5S2/c8-1-5-4-13-7(11-5)2-9-6-3-10-12-14-6/h3-4,9H,2H2. The van der Waals surface area contributed by atoms with Gasteiger partial charge in [-0.15, -0.1) is 16.4 Å². The summed E-state index contributed by atoms with van der Waals surface area (Å²) in [4.78, 5) is 4.09. The molecule has 14 heavy (non-hydrogen) atoms. The van der Waals surface area contributed by atoms with E-state index < -0.39 is 0 Å². The first kappa shape index (κ1) is 9.05. The van der Waals surface area contributed by atoms with Crippen LogP contribution in [0.4, 0.5) is 5.00 Å². The monoisotopic (exact) mass is 223 g/mol. The van der Waals surface area contributed by atoms with Crippen molar-refractivity contribution in [2.75, 3.05) is 5.32 Å². The lowest BCUT2D eigenvalue weighted by molar-refractivity contribution is 1.09. The summed E-state index contributed by atoms with van der Waals surface area (Å²) >= 11 is 2.76. The number of rotatable bonds is 3. The molecule has 0 fully saturated rings. The summed E-state index contributed by atoms with van der Waals surface area (Å²) in [5.41, 5.74) is 0.467. The van der Waals surface area contributed by atoms with Crippen LogP contribution in [-0.2, 0) is 6.54 Å². The summed E-state index contributed by atoms with van der Waals surface area (Å²) in [5.74, 6) is 0. The van der Waals surface area contributed by atoms with Gasteiger partial charge in [-0.2, -0.15) is 5.26 Å². The maximum absolute atomic E-state index is 8.56. The predicted octanol–water partition coefficient (Wildman–Crippen LogP) is 1.48. The van der Waals surface area contributed by atoms with Crippen molar-refractivity contribution in [3.63, 3.8) is 0 Å². The Morgan fingerprint density at radius 1 is 1.57 bits per heavy atom. The van der Waals surface area contributed by atoms with Crippen molar-refractivity contribution < 1.29 is 0 Å². The first-order chi connectivity index (χ1) is 6.88. The third-order valence-electron chi connectivity index (χ3n) is 1.44. The topological polar surface area (TPSA) is 74.5 Å². The summed E-state index contributed by atoms with van der Waals surface area (Å²) < 4.78 is 3.72. The predicted molar refractivity (Wildman–Crippen MR) is 54.1 cm³/mol. The van der Waals surface area contributed by atoms with E-state index in [0.29, 0.717) is 12.2 Å². The lowest BCUT2D eigenvalue weighted by Gasteiger charge is -1.96. The Balaban J connectivity index is 1.96. The quantitative estimate of drug-likeness (QED) is 0.853. The zero-order chi connectivity index (χ0) is 9.80. The van der Waals surface area contributed by atoms with E-state index in [-0.39, 0.29) is 0 Å². The van der Waals surface area contributed by atoms with Gasteiger partial charge in [-0.25, -0.2) is 4.98 Å². The first-order valence-electron chi connectivity index (χ1n) is 3.74. The van der Waals surface area contributed by atoms with E-state index in [0.717, 1.165) is 10.0 Å². The summed E-state index contributed by atoms with van der Waals surface area (Å²) in [6.07, 6.45) is 1.66. The van der Waals surface area contributed by atoms with Crippen LogP contribution >= 0.6 is 22.9 Å². The van der Waals surface area contributed by atoms with Gasteiger partial charge in [-0.3, -0.25) is 0 Å². The van der Waals surface area contributed by atoms with Gasteiger partial charge in [0.15, 0.2) is 5.69 Å². The molecule has 0 unspecified atom stereocenters. The van der Waals surface area contributed by atoms with Crippen molar-refractivity contribution in [3.05, 3.63) is 22.3 Å². The molecule has 0 amide bonds. The van der Waals surface area contributed by atoms with Crippen LogP contribution in [0, 0.1) is 11.3 Å². The number of thiazole rings is 1. The minimum absolute atomic E-state index is 0.467. The fourth-order valence-corrected chi connectivity index (χ4v) is 1.92. The summed E-state index contributed by atoms with van der Waals surface area (Å²) in [6.45, 7) is 0.607. The molecule has 7 heteroatoms. The van der Waals surface area contributed by atoms with Gasteiger partial charge in [-0.1, -0.05) is 4.49 Å². The number of hydrogen-bond acceptors (Lipinski definition) is 7. The number of anilines is 1. The van der Waals surface area contributed by atoms with E-state index in [1.165, 1.54) is 22.9 Å². The van der Waals surface area contributed by atoms with Crippen LogP contribution in [0.1, 0.15) is 10.7 Å². The molecule has 0 aliphatic carbocycles. The number of nitrogens with one attached hydrogen (secondary N) is 1. The second-order valence-corrected chi connectivity index (χ2v) is 4.10. The molecule has 2 aromatic rings. The van der Waals surface area contributed by atoms with E-state index in [9.17, 15) is 0 Å². The minimum Gasteiger partial charge on any atom is -0.368 e. The van der Waals surface area contributed by atoms with Gasteiger partial charge in [-0.05, 0) is 0 Å². The lowest BCUT2D eigenvalue weighted by atomic mass is 10.5. The molecule has 2 rings (SSSR count). The molecule has 0 aromatic carbocycles. The van der Waals surface area contributed by atoms with Gasteiger partial charge in [0.1, 0.15) is 16.1 Å². The highest BCUT2D eigenvalue weighted by molar-refractivity contribution is 7.10. The van der Waals surface area contributed by atoms with E-state index in [1.807, 2.05) is 6.07 Å². The van der Waals surface area contributed by atoms with Crippen LogP contribution < -0.4 is 5.32 Å². The number of aromatic nitrogens is 3. The van der Waals surface area contributed by atoms with Crippen LogP contribution in [0.25, 0.3) is 0 Å². The van der Waals surface area contributed by atoms with Crippen LogP contribution in [-0.4, -0.2) is 14.6 Å². The Morgan fingerprint density at radius 2 is 2.50 bits per heavy atom. The van der Waals surface area contributed by atoms with Gasteiger partial charge in [0.25, 0.3) is 0 Å². The molecule has 70 valence electrons. The lowest BCUT2D eigenvalue weighted by Crippen LogP contribution is -1.96. The van der Waals surface area contributed by atoms with E-state index in [2.05, 4.69) is 19.9 Å². The van der Waals surface area contributed by atoms with Crippen molar-refractivity contribution in [1.82, 2.24) is 14.6 Å². The summed E-state index contributed by atoms with van der Waals surface area (Å²) in [5, 5.41) is 18.9. The first-order valence-corrected chi connectivity index (χ1v) is 5.39. The molecule has 0 saturated heterocycles.